The van der Waals surface area contributed by atoms with Crippen LogP contribution in [0.3, 0.4) is 0 Å². The van der Waals surface area contributed by atoms with Crippen LogP contribution in [0.1, 0.15) is 32.6 Å². The molecule has 14 nitrogen and oxygen atoms in total. The van der Waals surface area contributed by atoms with Gasteiger partial charge in [0.05, 0.1) is 33.0 Å². The van der Waals surface area contributed by atoms with E-state index in [0.29, 0.717) is 32.8 Å². The number of amides is 2. The average molecular weight is 521 g/mol. The summed E-state index contributed by atoms with van der Waals surface area (Å²) in [6.45, 7) is 2.79. The van der Waals surface area contributed by atoms with E-state index in [-0.39, 0.29) is 76.2 Å². The molecule has 0 saturated carbocycles. The van der Waals surface area contributed by atoms with Gasteiger partial charge in [-0.15, -0.1) is 0 Å². The molecular formula is C22H36N2O12. The van der Waals surface area contributed by atoms with Crippen molar-refractivity contribution in [3.63, 3.8) is 0 Å². The second-order valence-corrected chi connectivity index (χ2v) is 7.43. The van der Waals surface area contributed by atoms with Gasteiger partial charge in [-0.05, 0) is 19.8 Å². The molecular weight excluding hydrogens is 484 g/mol. The summed E-state index contributed by atoms with van der Waals surface area (Å²) in [7, 11) is 0. The van der Waals surface area contributed by atoms with Crippen LogP contribution in [0.4, 0.5) is 0 Å². The Morgan fingerprint density at radius 2 is 1.44 bits per heavy atom. The van der Waals surface area contributed by atoms with Gasteiger partial charge in [-0.1, -0.05) is 0 Å². The number of carboxylic acids is 1. The van der Waals surface area contributed by atoms with Crippen molar-refractivity contribution in [1.29, 1.82) is 0 Å². The number of aliphatic carboxylic acids is 1. The Labute approximate surface area is 209 Å². The monoisotopic (exact) mass is 520 g/mol. The summed E-state index contributed by atoms with van der Waals surface area (Å²) in [6.07, 6.45) is 0.487. The summed E-state index contributed by atoms with van der Waals surface area (Å²) in [4.78, 5) is 66.8. The standard InChI is InChI=1S/C22H36N2O12/c1-17(26)13-34-11-10-33-8-6-23-20(28)14-35-12-9-32-7-2-3-18(27)4-5-19(22(30)31)24-21(29)15-36-16-25/h16,19H,2-15H2,1H3,(H,23,28)(H,24,29)(H,30,31)/t19-/m1/s1. The van der Waals surface area contributed by atoms with Gasteiger partial charge in [-0.3, -0.25) is 24.0 Å². The Morgan fingerprint density at radius 1 is 0.806 bits per heavy atom. The number of hydrogen-bond acceptors (Lipinski definition) is 11. The van der Waals surface area contributed by atoms with E-state index >= 15 is 0 Å². The van der Waals surface area contributed by atoms with Crippen molar-refractivity contribution in [3.05, 3.63) is 0 Å². The highest BCUT2D eigenvalue weighted by atomic mass is 16.5. The third-order valence-corrected chi connectivity index (χ3v) is 4.22. The van der Waals surface area contributed by atoms with Crippen LogP contribution in [-0.2, 0) is 52.5 Å². The fourth-order valence-electron chi connectivity index (χ4n) is 2.54. The van der Waals surface area contributed by atoms with Crippen LogP contribution < -0.4 is 10.6 Å². The summed E-state index contributed by atoms with van der Waals surface area (Å²) >= 11 is 0. The van der Waals surface area contributed by atoms with Crippen molar-refractivity contribution in [2.45, 2.75) is 38.6 Å². The number of rotatable bonds is 25. The predicted octanol–water partition coefficient (Wildman–Crippen LogP) is -1.37. The molecule has 0 aliphatic rings. The van der Waals surface area contributed by atoms with Crippen LogP contribution in [0.2, 0.25) is 0 Å². The molecule has 0 unspecified atom stereocenters. The van der Waals surface area contributed by atoms with Crippen molar-refractivity contribution < 1.29 is 57.6 Å². The Bertz CT molecular complexity index is 686. The predicted molar refractivity (Wildman–Crippen MR) is 122 cm³/mol. The van der Waals surface area contributed by atoms with Gasteiger partial charge in [-0.25, -0.2) is 4.79 Å². The highest BCUT2D eigenvalue weighted by Gasteiger charge is 2.21. The smallest absolute Gasteiger partial charge is 0.326 e. The maximum absolute atomic E-state index is 11.9. The Kier molecular flexibility index (Phi) is 20.7. The van der Waals surface area contributed by atoms with E-state index < -0.39 is 24.5 Å². The number of hydrogen-bond donors (Lipinski definition) is 3. The first-order valence-electron chi connectivity index (χ1n) is 11.4. The molecule has 0 fully saturated rings. The molecule has 0 aromatic rings. The van der Waals surface area contributed by atoms with Gasteiger partial charge in [-0.2, -0.15) is 0 Å². The van der Waals surface area contributed by atoms with Crippen LogP contribution >= 0.6 is 0 Å². The molecule has 3 N–H and O–H groups in total. The van der Waals surface area contributed by atoms with Gasteiger partial charge < -0.3 is 39.4 Å². The summed E-state index contributed by atoms with van der Waals surface area (Å²) < 4.78 is 25.0. The largest absolute Gasteiger partial charge is 0.480 e. The number of carboxylic acid groups (broad SMARTS) is 1. The first-order chi connectivity index (χ1) is 17.3. The molecule has 0 aliphatic carbocycles. The van der Waals surface area contributed by atoms with Crippen molar-refractivity contribution in [3.8, 4) is 0 Å². The molecule has 0 rings (SSSR count). The summed E-state index contributed by atoms with van der Waals surface area (Å²) in [5, 5.41) is 13.9. The molecule has 14 heteroatoms. The maximum atomic E-state index is 11.9. The first kappa shape index (κ1) is 33.1. The molecule has 206 valence electrons. The van der Waals surface area contributed by atoms with Crippen LogP contribution in [0.15, 0.2) is 0 Å². The zero-order valence-corrected chi connectivity index (χ0v) is 20.5. The normalized spacial score (nSPS) is 11.4. The van der Waals surface area contributed by atoms with Crippen molar-refractivity contribution in [2.75, 3.05) is 66.0 Å². The van der Waals surface area contributed by atoms with E-state index in [0.717, 1.165) is 0 Å². The van der Waals surface area contributed by atoms with Gasteiger partial charge in [0, 0.05) is 26.0 Å². The van der Waals surface area contributed by atoms with Crippen LogP contribution in [-0.4, -0.2) is 113 Å². The topological polar surface area (TPSA) is 193 Å². The molecule has 0 radical (unpaired) electrons. The summed E-state index contributed by atoms with van der Waals surface area (Å²) in [5.74, 6) is -2.60. The average Bonchev–Trinajstić information content (AvgIpc) is 2.83. The minimum atomic E-state index is -1.29. The van der Waals surface area contributed by atoms with E-state index in [1.807, 2.05) is 0 Å². The fourth-order valence-corrected chi connectivity index (χ4v) is 2.54. The number of carbonyl (C=O) groups is 6. The first-order valence-corrected chi connectivity index (χ1v) is 11.4. The molecule has 1 atom stereocenters. The quantitative estimate of drug-likeness (QED) is 0.0946. The van der Waals surface area contributed by atoms with E-state index in [1.165, 1.54) is 6.92 Å². The third-order valence-electron chi connectivity index (χ3n) is 4.22. The van der Waals surface area contributed by atoms with Gasteiger partial charge in [0.25, 0.3) is 12.4 Å². The highest BCUT2D eigenvalue weighted by molar-refractivity contribution is 5.85. The van der Waals surface area contributed by atoms with E-state index in [2.05, 4.69) is 15.4 Å². The molecule has 0 aromatic carbocycles. The van der Waals surface area contributed by atoms with Crippen LogP contribution in [0.25, 0.3) is 0 Å². The zero-order chi connectivity index (χ0) is 27.0. The molecule has 0 aromatic heterocycles. The van der Waals surface area contributed by atoms with Gasteiger partial charge in [0.15, 0.2) is 12.4 Å². The molecule has 36 heavy (non-hydrogen) atoms. The Morgan fingerprint density at radius 3 is 2.08 bits per heavy atom. The van der Waals surface area contributed by atoms with Crippen LogP contribution in [0, 0.1) is 0 Å². The highest BCUT2D eigenvalue weighted by Crippen LogP contribution is 2.04. The summed E-state index contributed by atoms with van der Waals surface area (Å²) in [5.41, 5.74) is 0. The number of nitrogens with one attached hydrogen (secondary N) is 2. The maximum Gasteiger partial charge on any atom is 0.326 e. The second kappa shape index (κ2) is 22.5. The van der Waals surface area contributed by atoms with E-state index in [1.54, 1.807) is 0 Å². The summed E-state index contributed by atoms with van der Waals surface area (Å²) in [6, 6.07) is -1.26. The molecule has 0 heterocycles. The number of ether oxygens (including phenoxy) is 5. The van der Waals surface area contributed by atoms with Gasteiger partial charge in [0.1, 0.15) is 25.0 Å². The Hall–Kier alpha value is -2.94. The SMILES string of the molecule is CC(=O)COCCOCCNC(=O)COCCOCCCC(=O)CC[C@@H](NC(=O)COC=O)C(=O)O. The lowest BCUT2D eigenvalue weighted by molar-refractivity contribution is -0.144. The molecule has 2 amide bonds. The number of carbonyl (C=O) groups excluding carboxylic acids is 5. The van der Waals surface area contributed by atoms with Crippen molar-refractivity contribution in [1.82, 2.24) is 10.6 Å². The van der Waals surface area contributed by atoms with Gasteiger partial charge >= 0.3 is 5.97 Å². The third kappa shape index (κ3) is 21.6. The lowest BCUT2D eigenvalue weighted by Crippen LogP contribution is -2.42. The molecule has 0 bridgehead atoms. The van der Waals surface area contributed by atoms with Crippen LogP contribution in [0.5, 0.6) is 0 Å². The van der Waals surface area contributed by atoms with E-state index in [4.69, 9.17) is 24.1 Å². The van der Waals surface area contributed by atoms with Gasteiger partial charge in [0.2, 0.25) is 5.91 Å². The Balaban J connectivity index is 3.63. The van der Waals surface area contributed by atoms with E-state index in [9.17, 15) is 28.8 Å². The minimum absolute atomic E-state index is 0.0390. The minimum Gasteiger partial charge on any atom is -0.480 e. The molecule has 0 spiro atoms. The van der Waals surface area contributed by atoms with Crippen molar-refractivity contribution >= 4 is 35.8 Å². The lowest BCUT2D eigenvalue weighted by Gasteiger charge is -2.13. The second-order valence-electron chi connectivity index (χ2n) is 7.43. The zero-order valence-electron chi connectivity index (χ0n) is 20.5. The number of Topliss-reactive ketones (excluding diaryl/α,β-unsaturated/α-hetero) is 2. The lowest BCUT2D eigenvalue weighted by atomic mass is 10.1. The number of ketones is 2. The fraction of sp³-hybridized carbons (Fsp3) is 0.727. The molecule has 0 saturated heterocycles. The molecule has 0 aliphatic heterocycles. The van der Waals surface area contributed by atoms with Crippen molar-refractivity contribution in [2.24, 2.45) is 0 Å².